The fourth-order valence-electron chi connectivity index (χ4n) is 3.26. The van der Waals surface area contributed by atoms with Gasteiger partial charge in [-0.15, -0.1) is 5.11 Å². The van der Waals surface area contributed by atoms with E-state index in [2.05, 4.69) is 28.9 Å². The second kappa shape index (κ2) is 23.9. The number of carbonyl (C=O) groups is 1. The SMILES string of the molecule is CC.CC.COOSC.COS(=O)O.O=C(Nc1cccc2cc(S(O)(O)O)c(N=Nc3ccccc3)c(O)c12)c1ccccc1. The monoisotopic (exact) mass is 699 g/mol. The minimum atomic E-state index is -4.23. The molecule has 0 saturated carbocycles. The maximum absolute atomic E-state index is 12.6. The van der Waals surface area contributed by atoms with Gasteiger partial charge in [-0.05, 0) is 41.8 Å². The number of anilines is 1. The van der Waals surface area contributed by atoms with Crippen LogP contribution in [0.25, 0.3) is 10.8 Å². The predicted octanol–water partition coefficient (Wildman–Crippen LogP) is 9.46. The van der Waals surface area contributed by atoms with Crippen molar-refractivity contribution in [3.63, 3.8) is 0 Å². The average molecular weight is 700 g/mol. The Hall–Kier alpha value is -3.42. The van der Waals surface area contributed by atoms with Crippen LogP contribution in [0.3, 0.4) is 0 Å². The summed E-state index contributed by atoms with van der Waals surface area (Å²) in [6.07, 6.45) is 1.78. The van der Waals surface area contributed by atoms with Gasteiger partial charge in [-0.2, -0.15) is 13.7 Å². The van der Waals surface area contributed by atoms with E-state index in [1.165, 1.54) is 25.2 Å². The molecule has 16 heteroatoms. The minimum Gasteiger partial charge on any atom is -0.505 e. The van der Waals surface area contributed by atoms with Crippen LogP contribution < -0.4 is 5.32 Å². The van der Waals surface area contributed by atoms with Gasteiger partial charge in [-0.1, -0.05) is 76.2 Å². The van der Waals surface area contributed by atoms with E-state index >= 15 is 0 Å². The third kappa shape index (κ3) is 14.8. The number of phenols is 1. The van der Waals surface area contributed by atoms with Crippen molar-refractivity contribution in [1.82, 2.24) is 0 Å². The van der Waals surface area contributed by atoms with E-state index in [9.17, 15) is 27.8 Å². The molecule has 0 fully saturated rings. The molecule has 1 unspecified atom stereocenters. The zero-order valence-electron chi connectivity index (χ0n) is 26.5. The number of amides is 1. The molecule has 0 aliphatic carbocycles. The Bertz CT molecular complexity index is 1490. The highest BCUT2D eigenvalue weighted by Gasteiger charge is 2.26. The van der Waals surface area contributed by atoms with Crippen molar-refractivity contribution < 1.29 is 45.7 Å². The third-order valence-electron chi connectivity index (χ3n) is 4.96. The number of nitrogens with zero attached hydrogens (tertiary/aromatic N) is 2. The summed E-state index contributed by atoms with van der Waals surface area (Å²) in [7, 11) is -1.61. The third-order valence-corrected chi connectivity index (χ3v) is 6.42. The van der Waals surface area contributed by atoms with Gasteiger partial charge < -0.3 is 24.1 Å². The summed E-state index contributed by atoms with van der Waals surface area (Å²) in [4.78, 5) is 16.4. The first-order valence-electron chi connectivity index (χ1n) is 13.5. The van der Waals surface area contributed by atoms with E-state index in [1.54, 1.807) is 85.1 Å². The quantitative estimate of drug-likeness (QED) is 0.0336. The van der Waals surface area contributed by atoms with Crippen LogP contribution in [0.4, 0.5) is 17.1 Å². The zero-order chi connectivity index (χ0) is 35.1. The molecule has 13 nitrogen and oxygen atoms in total. The Labute approximate surface area is 277 Å². The number of aromatic hydroxyl groups is 1. The van der Waals surface area contributed by atoms with E-state index < -0.39 is 28.0 Å². The lowest BCUT2D eigenvalue weighted by molar-refractivity contribution is -0.159. The van der Waals surface area contributed by atoms with Crippen LogP contribution in [-0.4, -0.2) is 53.9 Å². The molecule has 0 aliphatic heterocycles. The number of carbonyl (C=O) groups excluding carboxylic acids is 1. The zero-order valence-corrected chi connectivity index (χ0v) is 28.9. The standard InChI is InChI=1S/C23H19N3O5S.C2H6O2S.2C2H6.CH4O3S/c27-22-20-16(10-7-13-18(20)24-23(28)15-8-3-1-4-9-15)14-19(32(29,30)31)21(22)26-25-17-11-5-2-6-12-17;1-3-4-5-2;2*1-2;1-4-5(2)3/h1-14,27,29-31H,(H,24,28);1-2H3;2*1-2H3;1H3,(H,2,3). The predicted molar refractivity (Wildman–Crippen MR) is 186 cm³/mol. The van der Waals surface area contributed by atoms with E-state index in [4.69, 9.17) is 4.55 Å². The molecule has 0 aromatic heterocycles. The first-order valence-corrected chi connectivity index (χ1v) is 17.2. The van der Waals surface area contributed by atoms with Crippen LogP contribution in [0.15, 0.2) is 100 Å². The molecule has 254 valence electrons. The van der Waals surface area contributed by atoms with Gasteiger partial charge in [0.05, 0.1) is 30.5 Å². The van der Waals surface area contributed by atoms with Crippen molar-refractivity contribution in [2.45, 2.75) is 32.6 Å². The van der Waals surface area contributed by atoms with Gasteiger partial charge in [-0.3, -0.25) is 13.5 Å². The fourth-order valence-corrected chi connectivity index (χ4v) is 4.08. The summed E-state index contributed by atoms with van der Waals surface area (Å²) in [5.41, 5.74) is 0.850. The number of nitrogens with one attached hydrogen (secondary N) is 1. The molecule has 46 heavy (non-hydrogen) atoms. The van der Waals surface area contributed by atoms with Crippen molar-refractivity contribution >= 4 is 68.0 Å². The molecule has 4 aromatic rings. The van der Waals surface area contributed by atoms with Gasteiger partial charge in [0.15, 0.2) is 5.75 Å². The molecule has 6 N–H and O–H groups in total. The molecule has 0 spiro atoms. The molecule has 1 atom stereocenters. The number of phenolic OH excluding ortho intramolecular Hbond substituents is 1. The molecule has 0 aliphatic rings. The highest BCUT2D eigenvalue weighted by atomic mass is 32.3. The topological polar surface area (TPSA) is 200 Å². The second-order valence-electron chi connectivity index (χ2n) is 7.64. The Balaban J connectivity index is 0.00000123. The number of rotatable bonds is 8. The molecular formula is C30H41N3O10S3. The largest absolute Gasteiger partial charge is 0.505 e. The summed E-state index contributed by atoms with van der Waals surface area (Å²) in [6, 6.07) is 23.3. The van der Waals surface area contributed by atoms with Crippen LogP contribution in [0.5, 0.6) is 5.75 Å². The smallest absolute Gasteiger partial charge is 0.301 e. The first-order chi connectivity index (χ1) is 22.0. The highest BCUT2D eigenvalue weighted by Crippen LogP contribution is 2.55. The summed E-state index contributed by atoms with van der Waals surface area (Å²) in [5, 5.41) is 22.3. The van der Waals surface area contributed by atoms with Crippen LogP contribution >= 0.6 is 22.9 Å². The van der Waals surface area contributed by atoms with Gasteiger partial charge in [0.2, 0.25) is 0 Å². The van der Waals surface area contributed by atoms with Gasteiger partial charge in [0.1, 0.15) is 16.6 Å². The summed E-state index contributed by atoms with van der Waals surface area (Å²) in [6.45, 7) is 8.00. The van der Waals surface area contributed by atoms with E-state index in [1.807, 2.05) is 27.7 Å². The average Bonchev–Trinajstić information content (AvgIpc) is 3.07. The Morgan fingerprint density at radius 1 is 0.870 bits per heavy atom. The summed E-state index contributed by atoms with van der Waals surface area (Å²) in [5.74, 6) is -0.851. The van der Waals surface area contributed by atoms with Crippen LogP contribution in [0.2, 0.25) is 0 Å². The Morgan fingerprint density at radius 3 is 1.87 bits per heavy atom. The van der Waals surface area contributed by atoms with Crippen molar-refractivity contribution in [3.8, 4) is 5.75 Å². The number of fused-ring (bicyclic) bond motifs is 1. The number of hydrogen-bond donors (Lipinski definition) is 6. The van der Waals surface area contributed by atoms with Gasteiger partial charge in [0, 0.05) is 29.2 Å². The summed E-state index contributed by atoms with van der Waals surface area (Å²) < 4.78 is 54.7. The normalized spacial score (nSPS) is 11.3. The maximum Gasteiger partial charge on any atom is 0.301 e. The van der Waals surface area contributed by atoms with Crippen molar-refractivity contribution in [2.75, 3.05) is 25.8 Å². The lowest BCUT2D eigenvalue weighted by Gasteiger charge is -2.22. The van der Waals surface area contributed by atoms with Crippen LogP contribution in [-0.2, 0) is 24.8 Å². The number of azo groups is 1. The Kier molecular flexibility index (Phi) is 22.1. The molecule has 0 saturated heterocycles. The molecule has 0 bridgehead atoms. The summed E-state index contributed by atoms with van der Waals surface area (Å²) >= 11 is -0.893. The maximum atomic E-state index is 12.6. The minimum absolute atomic E-state index is 0.214. The van der Waals surface area contributed by atoms with Crippen molar-refractivity contribution in [2.24, 2.45) is 10.2 Å². The fraction of sp³-hybridized carbons (Fsp3) is 0.233. The lowest BCUT2D eigenvalue weighted by atomic mass is 10.1. The molecule has 4 rings (SSSR count). The van der Waals surface area contributed by atoms with Crippen LogP contribution in [0.1, 0.15) is 38.1 Å². The molecule has 0 radical (unpaired) electrons. The van der Waals surface area contributed by atoms with E-state index in [0.29, 0.717) is 16.6 Å². The molecular weight excluding hydrogens is 659 g/mol. The Morgan fingerprint density at radius 2 is 1.41 bits per heavy atom. The first kappa shape index (κ1) is 42.6. The number of hydrogen-bond acceptors (Lipinski definition) is 12. The number of benzene rings is 4. The van der Waals surface area contributed by atoms with E-state index in [0.717, 1.165) is 7.11 Å². The molecule has 1 amide bonds. The second-order valence-corrected chi connectivity index (χ2v) is 10.3. The molecule has 0 heterocycles. The molecule has 4 aromatic carbocycles. The lowest BCUT2D eigenvalue weighted by Crippen LogP contribution is -2.12. The van der Waals surface area contributed by atoms with Crippen molar-refractivity contribution in [1.29, 1.82) is 0 Å². The van der Waals surface area contributed by atoms with Crippen LogP contribution in [0, 0.1) is 0 Å². The highest BCUT2D eigenvalue weighted by molar-refractivity contribution is 8.19. The van der Waals surface area contributed by atoms with E-state index in [-0.39, 0.29) is 27.6 Å². The van der Waals surface area contributed by atoms with Gasteiger partial charge in [-0.25, -0.2) is 4.89 Å². The van der Waals surface area contributed by atoms with Gasteiger partial charge >= 0.3 is 11.4 Å². The van der Waals surface area contributed by atoms with Gasteiger partial charge in [0.25, 0.3) is 5.91 Å². The van der Waals surface area contributed by atoms with Crippen molar-refractivity contribution in [3.05, 3.63) is 90.5 Å².